The number of rotatable bonds is 3. The molecular weight excluding hydrogens is 381 g/mol. The lowest BCUT2D eigenvalue weighted by Gasteiger charge is -2.28. The number of benzene rings is 2. The molecule has 1 aliphatic rings. The van der Waals surface area contributed by atoms with Gasteiger partial charge in [-0.25, -0.2) is 0 Å². The molecule has 0 atom stereocenters. The first-order valence-corrected chi connectivity index (χ1v) is 9.86. The van der Waals surface area contributed by atoms with E-state index >= 15 is 0 Å². The van der Waals surface area contributed by atoms with Gasteiger partial charge in [0.15, 0.2) is 0 Å². The van der Waals surface area contributed by atoms with Gasteiger partial charge < -0.3 is 16.2 Å². The second-order valence-corrected chi connectivity index (χ2v) is 7.94. The number of phenols is 1. The van der Waals surface area contributed by atoms with Crippen LogP contribution in [0.3, 0.4) is 0 Å². The third-order valence-corrected chi connectivity index (χ3v) is 5.84. The summed E-state index contributed by atoms with van der Waals surface area (Å²) in [5, 5.41) is 15.2. The van der Waals surface area contributed by atoms with Gasteiger partial charge in [-0.05, 0) is 55.5 Å². The highest BCUT2D eigenvalue weighted by Crippen LogP contribution is 2.38. The average Bonchev–Trinajstić information content (AvgIpc) is 2.66. The lowest BCUT2D eigenvalue weighted by Crippen LogP contribution is -2.32. The Labute approximate surface area is 168 Å². The molecule has 1 aromatic heterocycles. The minimum atomic E-state index is -0.0225. The molecule has 4 rings (SSSR count). The van der Waals surface area contributed by atoms with E-state index in [9.17, 15) is 5.11 Å². The molecule has 0 aliphatic heterocycles. The Morgan fingerprint density at radius 3 is 2.56 bits per heavy atom. The number of nitrogens with zero attached hydrogens (tertiary/aromatic N) is 1. The maximum Gasteiger partial charge on any atom is 0.135 e. The summed E-state index contributed by atoms with van der Waals surface area (Å²) in [6, 6.07) is 11.9. The van der Waals surface area contributed by atoms with Crippen molar-refractivity contribution < 1.29 is 5.11 Å². The van der Waals surface area contributed by atoms with Gasteiger partial charge in [-0.1, -0.05) is 29.3 Å². The number of nitrogens with two attached hydrogens (primary N) is 1. The van der Waals surface area contributed by atoms with E-state index in [4.69, 9.17) is 28.9 Å². The van der Waals surface area contributed by atoms with Crippen LogP contribution < -0.4 is 11.1 Å². The highest BCUT2D eigenvalue weighted by molar-refractivity contribution is 6.36. The van der Waals surface area contributed by atoms with Gasteiger partial charge in [0.2, 0.25) is 0 Å². The summed E-state index contributed by atoms with van der Waals surface area (Å²) in [6.45, 7) is 0. The minimum absolute atomic E-state index is 0.0225. The highest BCUT2D eigenvalue weighted by Gasteiger charge is 2.19. The number of hydrogen-bond acceptors (Lipinski definition) is 4. The topological polar surface area (TPSA) is 71.2 Å². The Hall–Kier alpha value is -2.01. The monoisotopic (exact) mass is 401 g/mol. The molecule has 1 saturated carbocycles. The molecule has 2 aromatic carbocycles. The molecule has 4 N–H and O–H groups in total. The summed E-state index contributed by atoms with van der Waals surface area (Å²) < 4.78 is 0. The van der Waals surface area contributed by atoms with Gasteiger partial charge in [-0.2, -0.15) is 0 Å². The van der Waals surface area contributed by atoms with E-state index in [0.29, 0.717) is 17.1 Å². The van der Waals surface area contributed by atoms with Gasteiger partial charge in [0.25, 0.3) is 0 Å². The SMILES string of the molecule is NC1CCC(Nc2ccnc3ccc(-c4cc(Cl)c(O)cc4Cl)cc23)CC1. The van der Waals surface area contributed by atoms with Crippen LogP contribution >= 0.6 is 23.2 Å². The van der Waals surface area contributed by atoms with Crippen molar-refractivity contribution in [2.75, 3.05) is 5.32 Å². The van der Waals surface area contributed by atoms with Crippen LogP contribution in [0.2, 0.25) is 10.0 Å². The van der Waals surface area contributed by atoms with Gasteiger partial charge in [0, 0.05) is 41.0 Å². The van der Waals surface area contributed by atoms with Crippen molar-refractivity contribution in [3.05, 3.63) is 52.6 Å². The molecule has 1 fully saturated rings. The lowest BCUT2D eigenvalue weighted by atomic mass is 9.91. The number of aromatic hydroxyl groups is 1. The zero-order chi connectivity index (χ0) is 19.0. The first kappa shape index (κ1) is 18.4. The molecule has 0 amide bonds. The summed E-state index contributed by atoms with van der Waals surface area (Å²) in [5.41, 5.74) is 9.70. The number of pyridine rings is 1. The first-order valence-electron chi connectivity index (χ1n) is 9.10. The molecule has 140 valence electrons. The number of anilines is 1. The van der Waals surface area contributed by atoms with Crippen LogP contribution in [0.5, 0.6) is 5.75 Å². The fourth-order valence-electron chi connectivity index (χ4n) is 3.68. The third kappa shape index (κ3) is 3.84. The standard InChI is InChI=1S/C21H21Cl2N3O/c22-17-11-21(27)18(23)10-15(17)12-1-6-19-16(9-12)20(7-8-25-19)26-14-4-2-13(24)3-5-14/h1,6-11,13-14,27H,2-5,24H2,(H,25,26). The van der Waals surface area contributed by atoms with Crippen molar-refractivity contribution in [1.82, 2.24) is 4.98 Å². The number of fused-ring (bicyclic) bond motifs is 1. The largest absolute Gasteiger partial charge is 0.506 e. The number of hydrogen-bond donors (Lipinski definition) is 3. The molecule has 0 bridgehead atoms. The predicted molar refractivity (Wildman–Crippen MR) is 113 cm³/mol. The van der Waals surface area contributed by atoms with Crippen molar-refractivity contribution in [3.8, 4) is 16.9 Å². The fraction of sp³-hybridized carbons (Fsp3) is 0.286. The molecule has 27 heavy (non-hydrogen) atoms. The van der Waals surface area contributed by atoms with E-state index in [-0.39, 0.29) is 10.8 Å². The van der Waals surface area contributed by atoms with E-state index in [0.717, 1.165) is 53.4 Å². The summed E-state index contributed by atoms with van der Waals surface area (Å²) in [7, 11) is 0. The van der Waals surface area contributed by atoms with Crippen LogP contribution in [0.15, 0.2) is 42.6 Å². The van der Waals surface area contributed by atoms with E-state index in [1.807, 2.05) is 24.4 Å². The van der Waals surface area contributed by atoms with Crippen LogP contribution in [-0.4, -0.2) is 22.2 Å². The van der Waals surface area contributed by atoms with Gasteiger partial charge in [0.1, 0.15) is 5.75 Å². The summed E-state index contributed by atoms with van der Waals surface area (Å²) in [6.07, 6.45) is 6.07. The molecule has 3 aromatic rings. The Morgan fingerprint density at radius 2 is 1.78 bits per heavy atom. The number of aromatic nitrogens is 1. The van der Waals surface area contributed by atoms with E-state index < -0.39 is 0 Å². The van der Waals surface area contributed by atoms with Crippen molar-refractivity contribution >= 4 is 39.8 Å². The van der Waals surface area contributed by atoms with Crippen LogP contribution in [0.1, 0.15) is 25.7 Å². The van der Waals surface area contributed by atoms with E-state index in [1.165, 1.54) is 6.07 Å². The zero-order valence-corrected chi connectivity index (χ0v) is 16.3. The predicted octanol–water partition coefficient (Wildman–Crippen LogP) is 5.60. The van der Waals surface area contributed by atoms with Gasteiger partial charge in [-0.3, -0.25) is 4.98 Å². The maximum atomic E-state index is 9.74. The van der Waals surface area contributed by atoms with Crippen molar-refractivity contribution in [3.63, 3.8) is 0 Å². The number of halogens is 2. The third-order valence-electron chi connectivity index (χ3n) is 5.22. The smallest absolute Gasteiger partial charge is 0.135 e. The molecule has 1 aliphatic carbocycles. The molecule has 4 nitrogen and oxygen atoms in total. The lowest BCUT2D eigenvalue weighted by molar-refractivity contribution is 0.411. The summed E-state index contributed by atoms with van der Waals surface area (Å²) in [4.78, 5) is 4.48. The van der Waals surface area contributed by atoms with E-state index in [2.05, 4.69) is 16.4 Å². The average molecular weight is 402 g/mol. The Morgan fingerprint density at radius 1 is 1.00 bits per heavy atom. The Bertz CT molecular complexity index is 985. The summed E-state index contributed by atoms with van der Waals surface area (Å²) in [5.74, 6) is -0.0225. The van der Waals surface area contributed by atoms with Crippen LogP contribution in [0.25, 0.3) is 22.0 Å². The second-order valence-electron chi connectivity index (χ2n) is 7.13. The Kier molecular flexibility index (Phi) is 5.13. The molecule has 0 radical (unpaired) electrons. The number of nitrogens with one attached hydrogen (secondary N) is 1. The zero-order valence-electron chi connectivity index (χ0n) is 14.8. The molecule has 6 heteroatoms. The molecule has 1 heterocycles. The molecular formula is C21H21Cl2N3O. The number of phenolic OH excluding ortho intramolecular Hbond substituents is 1. The van der Waals surface area contributed by atoms with Crippen LogP contribution in [0, 0.1) is 0 Å². The molecule has 0 saturated heterocycles. The fourth-order valence-corrected chi connectivity index (χ4v) is 4.11. The van der Waals surface area contributed by atoms with Gasteiger partial charge in [-0.15, -0.1) is 0 Å². The normalized spacial score (nSPS) is 20.0. The van der Waals surface area contributed by atoms with Crippen LogP contribution in [0.4, 0.5) is 5.69 Å². The van der Waals surface area contributed by atoms with Crippen molar-refractivity contribution in [2.24, 2.45) is 5.73 Å². The van der Waals surface area contributed by atoms with Gasteiger partial charge in [0.05, 0.1) is 15.6 Å². The van der Waals surface area contributed by atoms with E-state index in [1.54, 1.807) is 6.07 Å². The van der Waals surface area contributed by atoms with Crippen molar-refractivity contribution in [1.29, 1.82) is 0 Å². The van der Waals surface area contributed by atoms with Crippen molar-refractivity contribution in [2.45, 2.75) is 37.8 Å². The Balaban J connectivity index is 1.72. The van der Waals surface area contributed by atoms with Crippen LogP contribution in [-0.2, 0) is 0 Å². The quantitative estimate of drug-likeness (QED) is 0.534. The van der Waals surface area contributed by atoms with Gasteiger partial charge >= 0.3 is 0 Å². The molecule has 0 spiro atoms. The minimum Gasteiger partial charge on any atom is -0.506 e. The maximum absolute atomic E-state index is 9.74. The highest BCUT2D eigenvalue weighted by atomic mass is 35.5. The summed E-state index contributed by atoms with van der Waals surface area (Å²) >= 11 is 12.4. The first-order chi connectivity index (χ1) is 13.0. The second kappa shape index (κ2) is 7.55. The molecule has 0 unspecified atom stereocenters.